The van der Waals surface area contributed by atoms with E-state index in [2.05, 4.69) is 21.2 Å². The molecule has 0 saturated carbocycles. The van der Waals surface area contributed by atoms with E-state index >= 15 is 0 Å². The molecule has 4 N–H and O–H groups in total. The molecule has 0 bridgehead atoms. The van der Waals surface area contributed by atoms with Crippen molar-refractivity contribution in [2.24, 2.45) is 0 Å². The van der Waals surface area contributed by atoms with E-state index in [1.54, 1.807) is 6.07 Å². The Bertz CT molecular complexity index is 666. The van der Waals surface area contributed by atoms with Gasteiger partial charge in [0.05, 0.1) is 16.4 Å². The Morgan fingerprint density at radius 3 is 2.65 bits per heavy atom. The minimum absolute atomic E-state index is 0.0701. The van der Waals surface area contributed by atoms with Crippen LogP contribution in [0.4, 0.5) is 11.4 Å². The van der Waals surface area contributed by atoms with Crippen molar-refractivity contribution in [3.8, 4) is 5.75 Å². The van der Waals surface area contributed by atoms with E-state index in [0.717, 1.165) is 5.56 Å². The lowest BCUT2D eigenvalue weighted by Gasteiger charge is -2.11. The molecule has 0 atom stereocenters. The topological polar surface area (TPSA) is 75.3 Å². The zero-order chi connectivity index (χ0) is 14.9. The molecular formula is C14H12BrClN2O2. The molecule has 2 aromatic rings. The van der Waals surface area contributed by atoms with Crippen molar-refractivity contribution in [3.05, 3.63) is 51.0 Å². The molecule has 0 heterocycles. The van der Waals surface area contributed by atoms with Gasteiger partial charge in [-0.15, -0.1) is 0 Å². The SMILES string of the molecule is Cc1cc(N)c(NC(=O)c2ccc(O)c(Cl)c2)c(Br)c1. The van der Waals surface area contributed by atoms with Crippen LogP contribution in [0.3, 0.4) is 0 Å². The minimum atomic E-state index is -0.358. The number of rotatable bonds is 2. The Morgan fingerprint density at radius 2 is 2.05 bits per heavy atom. The van der Waals surface area contributed by atoms with Crippen molar-refractivity contribution in [2.75, 3.05) is 11.1 Å². The summed E-state index contributed by atoms with van der Waals surface area (Å²) in [5.41, 5.74) is 8.18. The second-order valence-electron chi connectivity index (χ2n) is 4.33. The second-order valence-corrected chi connectivity index (χ2v) is 5.59. The van der Waals surface area contributed by atoms with Crippen molar-refractivity contribution in [3.63, 3.8) is 0 Å². The summed E-state index contributed by atoms with van der Waals surface area (Å²) in [5, 5.41) is 12.2. The fourth-order valence-electron chi connectivity index (χ4n) is 1.73. The van der Waals surface area contributed by atoms with Gasteiger partial charge in [0, 0.05) is 10.0 Å². The molecule has 1 amide bonds. The number of benzene rings is 2. The number of carbonyl (C=O) groups excluding carboxylic acids is 1. The maximum absolute atomic E-state index is 12.1. The number of carbonyl (C=O) groups is 1. The number of nitrogen functional groups attached to an aromatic ring is 1. The number of amides is 1. The molecule has 2 rings (SSSR count). The summed E-state index contributed by atoms with van der Waals surface area (Å²) in [5.74, 6) is -0.428. The molecule has 0 unspecified atom stereocenters. The molecule has 0 aromatic heterocycles. The number of nitrogens with one attached hydrogen (secondary N) is 1. The highest BCUT2D eigenvalue weighted by Gasteiger charge is 2.13. The van der Waals surface area contributed by atoms with Gasteiger partial charge in [0.1, 0.15) is 5.75 Å². The molecule has 0 aliphatic carbocycles. The van der Waals surface area contributed by atoms with E-state index in [0.29, 0.717) is 21.4 Å². The maximum Gasteiger partial charge on any atom is 0.255 e. The predicted molar refractivity (Wildman–Crippen MR) is 84.4 cm³/mol. The molecule has 20 heavy (non-hydrogen) atoms. The van der Waals surface area contributed by atoms with Crippen LogP contribution in [0, 0.1) is 6.92 Å². The van der Waals surface area contributed by atoms with Gasteiger partial charge in [-0.25, -0.2) is 0 Å². The first-order chi connectivity index (χ1) is 9.38. The lowest BCUT2D eigenvalue weighted by atomic mass is 10.1. The number of phenolic OH excluding ortho intramolecular Hbond substituents is 1. The number of anilines is 2. The van der Waals surface area contributed by atoms with Crippen molar-refractivity contribution in [1.29, 1.82) is 0 Å². The number of aryl methyl sites for hydroxylation is 1. The van der Waals surface area contributed by atoms with Crippen molar-refractivity contribution in [2.45, 2.75) is 6.92 Å². The molecule has 0 saturated heterocycles. The van der Waals surface area contributed by atoms with Gasteiger partial charge < -0.3 is 16.2 Å². The minimum Gasteiger partial charge on any atom is -0.506 e. The van der Waals surface area contributed by atoms with E-state index in [1.807, 2.05) is 13.0 Å². The number of phenols is 1. The first-order valence-corrected chi connectivity index (χ1v) is 6.91. The van der Waals surface area contributed by atoms with Crippen LogP contribution in [0.25, 0.3) is 0 Å². The zero-order valence-corrected chi connectivity index (χ0v) is 12.9. The first kappa shape index (κ1) is 14.7. The lowest BCUT2D eigenvalue weighted by molar-refractivity contribution is 0.102. The summed E-state index contributed by atoms with van der Waals surface area (Å²) in [7, 11) is 0. The summed E-state index contributed by atoms with van der Waals surface area (Å²) < 4.78 is 0.702. The summed E-state index contributed by atoms with van der Waals surface area (Å²) in [6.45, 7) is 1.91. The highest BCUT2D eigenvalue weighted by molar-refractivity contribution is 9.10. The molecule has 0 spiro atoms. The fraction of sp³-hybridized carbons (Fsp3) is 0.0714. The largest absolute Gasteiger partial charge is 0.506 e. The molecule has 4 nitrogen and oxygen atoms in total. The Balaban J connectivity index is 2.30. The average Bonchev–Trinajstić information content (AvgIpc) is 2.36. The van der Waals surface area contributed by atoms with Crippen LogP contribution >= 0.6 is 27.5 Å². The molecular weight excluding hydrogens is 344 g/mol. The van der Waals surface area contributed by atoms with Gasteiger partial charge in [0.2, 0.25) is 0 Å². The van der Waals surface area contributed by atoms with E-state index in [4.69, 9.17) is 17.3 Å². The second kappa shape index (κ2) is 5.73. The third kappa shape index (κ3) is 3.05. The predicted octanol–water partition coefficient (Wildman–Crippen LogP) is 3.95. The highest BCUT2D eigenvalue weighted by atomic mass is 79.9. The highest BCUT2D eigenvalue weighted by Crippen LogP contribution is 2.31. The van der Waals surface area contributed by atoms with Crippen LogP contribution in [-0.2, 0) is 0 Å². The van der Waals surface area contributed by atoms with Crippen LogP contribution in [0.2, 0.25) is 5.02 Å². The van der Waals surface area contributed by atoms with Crippen molar-refractivity contribution in [1.82, 2.24) is 0 Å². The molecule has 0 fully saturated rings. The van der Waals surface area contributed by atoms with E-state index in [-0.39, 0.29) is 16.7 Å². The Hall–Kier alpha value is -1.72. The van der Waals surface area contributed by atoms with E-state index in [9.17, 15) is 9.90 Å². The van der Waals surface area contributed by atoms with Crippen LogP contribution in [-0.4, -0.2) is 11.0 Å². The monoisotopic (exact) mass is 354 g/mol. The lowest BCUT2D eigenvalue weighted by Crippen LogP contribution is -2.13. The Kier molecular flexibility index (Phi) is 4.20. The molecule has 2 aromatic carbocycles. The van der Waals surface area contributed by atoms with Gasteiger partial charge >= 0.3 is 0 Å². The molecule has 0 aliphatic rings. The quantitative estimate of drug-likeness (QED) is 0.714. The van der Waals surface area contributed by atoms with Crippen LogP contribution in [0.5, 0.6) is 5.75 Å². The van der Waals surface area contributed by atoms with E-state index in [1.165, 1.54) is 18.2 Å². The molecule has 6 heteroatoms. The zero-order valence-electron chi connectivity index (χ0n) is 10.6. The molecule has 104 valence electrons. The summed E-state index contributed by atoms with van der Waals surface area (Å²) in [6, 6.07) is 7.87. The van der Waals surface area contributed by atoms with Crippen LogP contribution < -0.4 is 11.1 Å². The number of halogens is 2. The summed E-state index contributed by atoms with van der Waals surface area (Å²) >= 11 is 9.14. The number of hydrogen-bond acceptors (Lipinski definition) is 3. The fourth-order valence-corrected chi connectivity index (χ4v) is 2.60. The Labute approximate surface area is 129 Å². The third-order valence-corrected chi connectivity index (χ3v) is 3.64. The molecule has 0 aliphatic heterocycles. The number of nitrogens with two attached hydrogens (primary N) is 1. The van der Waals surface area contributed by atoms with Crippen molar-refractivity contribution >= 4 is 44.8 Å². The number of aromatic hydroxyl groups is 1. The van der Waals surface area contributed by atoms with Gasteiger partial charge in [-0.1, -0.05) is 11.6 Å². The van der Waals surface area contributed by atoms with Crippen LogP contribution in [0.1, 0.15) is 15.9 Å². The van der Waals surface area contributed by atoms with Gasteiger partial charge in [0.15, 0.2) is 0 Å². The molecule has 0 radical (unpaired) electrons. The van der Waals surface area contributed by atoms with Crippen molar-refractivity contribution < 1.29 is 9.90 Å². The number of hydrogen-bond donors (Lipinski definition) is 3. The smallest absolute Gasteiger partial charge is 0.255 e. The summed E-state index contributed by atoms with van der Waals surface area (Å²) in [4.78, 5) is 12.1. The summed E-state index contributed by atoms with van der Waals surface area (Å²) in [6.07, 6.45) is 0. The normalized spacial score (nSPS) is 10.3. The maximum atomic E-state index is 12.1. The third-order valence-electron chi connectivity index (χ3n) is 2.71. The average molecular weight is 356 g/mol. The van der Waals surface area contributed by atoms with Gasteiger partial charge in [-0.3, -0.25) is 4.79 Å². The standard InChI is InChI=1S/C14H12BrClN2O2/c1-7-4-9(15)13(11(17)5-7)18-14(20)8-2-3-12(19)10(16)6-8/h2-6,19H,17H2,1H3,(H,18,20). The van der Waals surface area contributed by atoms with Gasteiger partial charge in [-0.2, -0.15) is 0 Å². The Morgan fingerprint density at radius 1 is 1.35 bits per heavy atom. The van der Waals surface area contributed by atoms with Gasteiger partial charge in [0.25, 0.3) is 5.91 Å². The van der Waals surface area contributed by atoms with E-state index < -0.39 is 0 Å². The van der Waals surface area contributed by atoms with Crippen LogP contribution in [0.15, 0.2) is 34.8 Å². The first-order valence-electron chi connectivity index (χ1n) is 5.74. The van der Waals surface area contributed by atoms with Gasteiger partial charge in [-0.05, 0) is 58.7 Å².